The first kappa shape index (κ1) is 11.1. The van der Waals surface area contributed by atoms with Crippen LogP contribution in [0, 0.1) is 5.82 Å². The molecule has 1 heterocycles. The molecule has 2 rings (SSSR count). The van der Waals surface area contributed by atoms with Gasteiger partial charge in [0.15, 0.2) is 5.82 Å². The summed E-state index contributed by atoms with van der Waals surface area (Å²) >= 11 is 0. The number of aryl methyl sites for hydroxylation is 2. The molecular formula is C12H16FN3. The smallest absolute Gasteiger partial charge is 0.151 e. The van der Waals surface area contributed by atoms with Crippen LogP contribution in [0.25, 0.3) is 11.0 Å². The third-order valence-corrected chi connectivity index (χ3v) is 2.78. The van der Waals surface area contributed by atoms with Gasteiger partial charge in [0.2, 0.25) is 0 Å². The zero-order valence-electron chi connectivity index (χ0n) is 9.63. The molecule has 1 N–H and O–H groups in total. The maximum absolute atomic E-state index is 13.5. The van der Waals surface area contributed by atoms with E-state index in [1.165, 1.54) is 6.07 Å². The first-order valence-electron chi connectivity index (χ1n) is 5.48. The van der Waals surface area contributed by atoms with E-state index in [1.807, 2.05) is 24.7 Å². The van der Waals surface area contributed by atoms with Crippen LogP contribution in [-0.2, 0) is 13.5 Å². The van der Waals surface area contributed by atoms with Crippen molar-refractivity contribution in [3.63, 3.8) is 0 Å². The fraction of sp³-hybridized carbons (Fsp3) is 0.417. The first-order valence-corrected chi connectivity index (χ1v) is 5.48. The lowest BCUT2D eigenvalue weighted by molar-refractivity contribution is 0.636. The highest BCUT2D eigenvalue weighted by Crippen LogP contribution is 2.18. The summed E-state index contributed by atoms with van der Waals surface area (Å²) in [6, 6.07) is 5.07. The van der Waals surface area contributed by atoms with Gasteiger partial charge in [-0.05, 0) is 32.1 Å². The Hall–Kier alpha value is -1.42. The summed E-state index contributed by atoms with van der Waals surface area (Å²) in [6.45, 7) is 0.950. The molecule has 0 fully saturated rings. The maximum Gasteiger partial charge on any atom is 0.151 e. The Labute approximate surface area is 94.3 Å². The summed E-state index contributed by atoms with van der Waals surface area (Å²) in [4.78, 5) is 4.34. The van der Waals surface area contributed by atoms with Crippen LogP contribution in [0.15, 0.2) is 18.2 Å². The second kappa shape index (κ2) is 4.61. The summed E-state index contributed by atoms with van der Waals surface area (Å²) in [6.07, 6.45) is 1.88. The molecule has 0 aliphatic carbocycles. The molecule has 0 amide bonds. The van der Waals surface area contributed by atoms with Crippen LogP contribution < -0.4 is 5.32 Å². The highest BCUT2D eigenvalue weighted by atomic mass is 19.1. The molecule has 0 saturated carbocycles. The summed E-state index contributed by atoms with van der Waals surface area (Å²) in [7, 11) is 3.86. The molecule has 0 aliphatic heterocycles. The average Bonchev–Trinajstić information content (AvgIpc) is 2.59. The minimum atomic E-state index is -0.243. The molecule has 86 valence electrons. The van der Waals surface area contributed by atoms with Gasteiger partial charge in [0.05, 0.1) is 5.52 Å². The van der Waals surface area contributed by atoms with E-state index in [9.17, 15) is 4.39 Å². The Morgan fingerprint density at radius 2 is 2.25 bits per heavy atom. The second-order valence-corrected chi connectivity index (χ2v) is 3.90. The second-order valence-electron chi connectivity index (χ2n) is 3.90. The first-order chi connectivity index (χ1) is 7.74. The Kier molecular flexibility index (Phi) is 3.19. The summed E-state index contributed by atoms with van der Waals surface area (Å²) in [5, 5.41) is 3.09. The monoisotopic (exact) mass is 221 g/mol. The van der Waals surface area contributed by atoms with E-state index in [0.717, 1.165) is 30.7 Å². The molecule has 0 atom stereocenters. The number of halogens is 1. The van der Waals surface area contributed by atoms with Crippen LogP contribution in [0.1, 0.15) is 12.2 Å². The van der Waals surface area contributed by atoms with Crippen molar-refractivity contribution in [3.05, 3.63) is 29.8 Å². The van der Waals surface area contributed by atoms with Gasteiger partial charge in [0.1, 0.15) is 11.3 Å². The standard InChI is InChI=1S/C12H16FN3/c1-14-8-4-7-11-15-12-9(13)5-3-6-10(12)16(11)2/h3,5-6,14H,4,7-8H2,1-2H3. The Morgan fingerprint density at radius 1 is 1.44 bits per heavy atom. The number of hydrogen-bond acceptors (Lipinski definition) is 2. The molecule has 0 unspecified atom stereocenters. The van der Waals surface area contributed by atoms with E-state index < -0.39 is 0 Å². The van der Waals surface area contributed by atoms with E-state index in [-0.39, 0.29) is 5.82 Å². The summed E-state index contributed by atoms with van der Waals surface area (Å²) in [5.74, 6) is 0.698. The van der Waals surface area contributed by atoms with E-state index in [4.69, 9.17) is 0 Å². The lowest BCUT2D eigenvalue weighted by atomic mass is 10.3. The van der Waals surface area contributed by atoms with Crippen molar-refractivity contribution in [1.29, 1.82) is 0 Å². The number of hydrogen-bond donors (Lipinski definition) is 1. The number of benzene rings is 1. The minimum absolute atomic E-state index is 0.243. The van der Waals surface area contributed by atoms with Crippen molar-refractivity contribution in [2.75, 3.05) is 13.6 Å². The van der Waals surface area contributed by atoms with Gasteiger partial charge in [0.25, 0.3) is 0 Å². The van der Waals surface area contributed by atoms with E-state index in [1.54, 1.807) is 6.07 Å². The lowest BCUT2D eigenvalue weighted by Crippen LogP contribution is -2.09. The molecule has 0 radical (unpaired) electrons. The molecule has 1 aromatic heterocycles. The zero-order chi connectivity index (χ0) is 11.5. The maximum atomic E-state index is 13.5. The molecule has 16 heavy (non-hydrogen) atoms. The van der Waals surface area contributed by atoms with Crippen molar-refractivity contribution in [1.82, 2.24) is 14.9 Å². The van der Waals surface area contributed by atoms with Gasteiger partial charge in [-0.25, -0.2) is 9.37 Å². The molecule has 0 spiro atoms. The predicted octanol–water partition coefficient (Wildman–Crippen LogP) is 1.86. The van der Waals surface area contributed by atoms with Crippen LogP contribution >= 0.6 is 0 Å². The molecular weight excluding hydrogens is 205 g/mol. The van der Waals surface area contributed by atoms with E-state index in [2.05, 4.69) is 10.3 Å². The Balaban J connectivity index is 2.33. The third-order valence-electron chi connectivity index (χ3n) is 2.78. The number of nitrogens with zero attached hydrogens (tertiary/aromatic N) is 2. The minimum Gasteiger partial charge on any atom is -0.331 e. The van der Waals surface area contributed by atoms with Gasteiger partial charge >= 0.3 is 0 Å². The molecule has 3 nitrogen and oxygen atoms in total. The summed E-state index contributed by atoms with van der Waals surface area (Å²) < 4.78 is 15.4. The van der Waals surface area contributed by atoms with Crippen LogP contribution in [-0.4, -0.2) is 23.1 Å². The summed E-state index contributed by atoms with van der Waals surface area (Å²) in [5.41, 5.74) is 1.34. The molecule has 4 heteroatoms. The topological polar surface area (TPSA) is 29.9 Å². The van der Waals surface area contributed by atoms with Gasteiger partial charge < -0.3 is 9.88 Å². The van der Waals surface area contributed by atoms with Crippen molar-refractivity contribution in [2.24, 2.45) is 7.05 Å². The highest BCUT2D eigenvalue weighted by Gasteiger charge is 2.10. The van der Waals surface area contributed by atoms with Gasteiger partial charge in [-0.1, -0.05) is 6.07 Å². The largest absolute Gasteiger partial charge is 0.331 e. The predicted molar refractivity (Wildman–Crippen MR) is 62.9 cm³/mol. The molecule has 0 saturated heterocycles. The number of fused-ring (bicyclic) bond motifs is 1. The number of nitrogens with one attached hydrogen (secondary N) is 1. The molecule has 1 aromatic carbocycles. The van der Waals surface area contributed by atoms with E-state index in [0.29, 0.717) is 5.52 Å². The van der Waals surface area contributed by atoms with Gasteiger partial charge in [0, 0.05) is 13.5 Å². The van der Waals surface area contributed by atoms with E-state index >= 15 is 0 Å². The van der Waals surface area contributed by atoms with Gasteiger partial charge in [-0.3, -0.25) is 0 Å². The van der Waals surface area contributed by atoms with Crippen LogP contribution in [0.2, 0.25) is 0 Å². The molecule has 0 aliphatic rings. The number of para-hydroxylation sites is 1. The Morgan fingerprint density at radius 3 is 2.94 bits per heavy atom. The van der Waals surface area contributed by atoms with Crippen molar-refractivity contribution < 1.29 is 4.39 Å². The zero-order valence-corrected chi connectivity index (χ0v) is 9.63. The normalized spacial score (nSPS) is 11.2. The average molecular weight is 221 g/mol. The number of rotatable bonds is 4. The van der Waals surface area contributed by atoms with Crippen LogP contribution in [0.3, 0.4) is 0 Å². The third kappa shape index (κ3) is 1.93. The van der Waals surface area contributed by atoms with Crippen LogP contribution in [0.4, 0.5) is 4.39 Å². The van der Waals surface area contributed by atoms with Gasteiger partial charge in [-0.2, -0.15) is 0 Å². The lowest BCUT2D eigenvalue weighted by Gasteiger charge is -2.01. The Bertz CT molecular complexity index is 490. The molecule has 0 bridgehead atoms. The van der Waals surface area contributed by atoms with Gasteiger partial charge in [-0.15, -0.1) is 0 Å². The van der Waals surface area contributed by atoms with Crippen molar-refractivity contribution in [3.8, 4) is 0 Å². The van der Waals surface area contributed by atoms with Crippen molar-refractivity contribution >= 4 is 11.0 Å². The fourth-order valence-corrected chi connectivity index (χ4v) is 1.88. The van der Waals surface area contributed by atoms with Crippen molar-refractivity contribution in [2.45, 2.75) is 12.8 Å². The number of imidazole rings is 1. The number of aromatic nitrogens is 2. The quantitative estimate of drug-likeness (QED) is 0.799. The fourth-order valence-electron chi connectivity index (χ4n) is 1.88. The SMILES string of the molecule is CNCCCc1nc2c(F)cccc2n1C. The van der Waals surface area contributed by atoms with Crippen LogP contribution in [0.5, 0.6) is 0 Å². The highest BCUT2D eigenvalue weighted by molar-refractivity contribution is 5.76. The molecule has 2 aromatic rings.